The van der Waals surface area contributed by atoms with Crippen molar-refractivity contribution in [3.05, 3.63) is 46.9 Å². The molecule has 1 aromatic heterocycles. The van der Waals surface area contributed by atoms with E-state index in [0.29, 0.717) is 6.04 Å². The Kier molecular flexibility index (Phi) is 3.97. The summed E-state index contributed by atoms with van der Waals surface area (Å²) in [5.41, 5.74) is 3.23. The maximum absolute atomic E-state index is 12.2. The number of piperidine rings is 1. The Morgan fingerprint density at radius 3 is 2.76 bits per heavy atom. The molecule has 1 aliphatic heterocycles. The molecule has 1 aromatic carbocycles. The first-order valence-electron chi connectivity index (χ1n) is 7.71. The molecule has 0 aliphatic carbocycles. The maximum atomic E-state index is 12.2. The molecule has 0 bridgehead atoms. The number of H-pyrrole nitrogens is 1. The number of rotatable bonds is 4. The van der Waals surface area contributed by atoms with E-state index in [0.717, 1.165) is 49.9 Å². The normalized spacial score (nSPS) is 17.4. The Morgan fingerprint density at radius 1 is 1.33 bits per heavy atom. The van der Waals surface area contributed by atoms with E-state index in [4.69, 9.17) is 0 Å². The molecule has 112 valence electrons. The van der Waals surface area contributed by atoms with Crippen LogP contribution in [0, 0.1) is 0 Å². The maximum Gasteiger partial charge on any atom is 0.326 e. The second kappa shape index (κ2) is 5.90. The molecule has 0 unspecified atom stereocenters. The molecule has 1 saturated heterocycles. The van der Waals surface area contributed by atoms with Gasteiger partial charge in [0, 0.05) is 25.7 Å². The third kappa shape index (κ3) is 2.95. The average Bonchev–Trinajstić information content (AvgIpc) is 2.81. The Morgan fingerprint density at radius 2 is 2.05 bits per heavy atom. The standard InChI is InChI=1S/C17H23N3O/c1-13(2)7-10-19-11-8-14(9-12-19)20-16-6-4-3-5-15(16)18-17(20)21/h3-6,14H,1,7-12H2,2H3,(H,18,21). The van der Waals surface area contributed by atoms with E-state index in [1.807, 2.05) is 28.8 Å². The summed E-state index contributed by atoms with van der Waals surface area (Å²) in [5.74, 6) is 0. The van der Waals surface area contributed by atoms with Crippen LogP contribution >= 0.6 is 0 Å². The molecule has 2 heterocycles. The highest BCUT2D eigenvalue weighted by Crippen LogP contribution is 2.24. The lowest BCUT2D eigenvalue weighted by Crippen LogP contribution is -2.37. The van der Waals surface area contributed by atoms with Gasteiger partial charge in [-0.3, -0.25) is 4.57 Å². The van der Waals surface area contributed by atoms with Gasteiger partial charge in [0.15, 0.2) is 0 Å². The molecular formula is C17H23N3O. The third-order valence-electron chi connectivity index (χ3n) is 4.40. The zero-order chi connectivity index (χ0) is 14.8. The molecule has 3 rings (SSSR count). The number of aromatic amines is 1. The van der Waals surface area contributed by atoms with Crippen LogP contribution in [0.1, 0.15) is 32.2 Å². The van der Waals surface area contributed by atoms with E-state index in [1.54, 1.807) is 0 Å². The Bertz CT molecular complexity index is 689. The molecule has 4 nitrogen and oxygen atoms in total. The van der Waals surface area contributed by atoms with Gasteiger partial charge in [-0.1, -0.05) is 17.7 Å². The summed E-state index contributed by atoms with van der Waals surface area (Å²) in [7, 11) is 0. The van der Waals surface area contributed by atoms with E-state index in [9.17, 15) is 4.79 Å². The largest absolute Gasteiger partial charge is 0.326 e. The first-order valence-corrected chi connectivity index (χ1v) is 7.71. The van der Waals surface area contributed by atoms with E-state index >= 15 is 0 Å². The van der Waals surface area contributed by atoms with Crippen molar-refractivity contribution >= 4 is 11.0 Å². The fourth-order valence-electron chi connectivity index (χ4n) is 3.19. The monoisotopic (exact) mass is 285 g/mol. The van der Waals surface area contributed by atoms with Gasteiger partial charge in [0.1, 0.15) is 0 Å². The van der Waals surface area contributed by atoms with Crippen LogP contribution in [0.2, 0.25) is 0 Å². The molecule has 4 heteroatoms. The number of para-hydroxylation sites is 2. The van der Waals surface area contributed by atoms with Gasteiger partial charge in [-0.25, -0.2) is 4.79 Å². The smallest absolute Gasteiger partial charge is 0.306 e. The second-order valence-corrected chi connectivity index (χ2v) is 6.10. The van der Waals surface area contributed by atoms with E-state index in [-0.39, 0.29) is 5.69 Å². The Labute approximate surface area is 125 Å². The molecule has 2 aromatic rings. The van der Waals surface area contributed by atoms with Crippen LogP contribution in [0.15, 0.2) is 41.2 Å². The van der Waals surface area contributed by atoms with Crippen molar-refractivity contribution in [2.24, 2.45) is 0 Å². The van der Waals surface area contributed by atoms with Crippen molar-refractivity contribution in [3.8, 4) is 0 Å². The summed E-state index contributed by atoms with van der Waals surface area (Å²) in [6, 6.07) is 8.27. The van der Waals surface area contributed by atoms with Crippen molar-refractivity contribution < 1.29 is 0 Å². The first kappa shape index (κ1) is 14.1. The lowest BCUT2D eigenvalue weighted by Gasteiger charge is -2.32. The zero-order valence-corrected chi connectivity index (χ0v) is 12.6. The summed E-state index contributed by atoms with van der Waals surface area (Å²) >= 11 is 0. The summed E-state index contributed by atoms with van der Waals surface area (Å²) in [4.78, 5) is 17.7. The topological polar surface area (TPSA) is 41.0 Å². The molecule has 1 fully saturated rings. The minimum Gasteiger partial charge on any atom is -0.306 e. The highest BCUT2D eigenvalue weighted by Gasteiger charge is 2.23. The summed E-state index contributed by atoms with van der Waals surface area (Å²) in [6.07, 6.45) is 3.15. The van der Waals surface area contributed by atoms with Crippen molar-refractivity contribution in [1.29, 1.82) is 0 Å². The average molecular weight is 285 g/mol. The summed E-state index contributed by atoms with van der Waals surface area (Å²) in [6.45, 7) is 9.25. The number of nitrogens with zero attached hydrogens (tertiary/aromatic N) is 2. The molecule has 0 amide bonds. The van der Waals surface area contributed by atoms with Crippen LogP contribution in [0.5, 0.6) is 0 Å². The van der Waals surface area contributed by atoms with Crippen molar-refractivity contribution in [2.75, 3.05) is 19.6 Å². The van der Waals surface area contributed by atoms with Crippen molar-refractivity contribution in [1.82, 2.24) is 14.5 Å². The van der Waals surface area contributed by atoms with Gasteiger partial charge in [0.05, 0.1) is 11.0 Å². The predicted molar refractivity (Wildman–Crippen MR) is 86.7 cm³/mol. The van der Waals surface area contributed by atoms with Crippen LogP contribution in [0.3, 0.4) is 0 Å². The molecule has 0 radical (unpaired) electrons. The lowest BCUT2D eigenvalue weighted by atomic mass is 10.0. The highest BCUT2D eigenvalue weighted by molar-refractivity contribution is 5.75. The number of benzene rings is 1. The van der Waals surface area contributed by atoms with Crippen LogP contribution in [-0.4, -0.2) is 34.1 Å². The fraction of sp³-hybridized carbons (Fsp3) is 0.471. The van der Waals surface area contributed by atoms with Gasteiger partial charge in [0.25, 0.3) is 0 Å². The van der Waals surface area contributed by atoms with Gasteiger partial charge in [-0.15, -0.1) is 6.58 Å². The van der Waals surface area contributed by atoms with Gasteiger partial charge >= 0.3 is 5.69 Å². The minimum atomic E-state index is 0.0246. The number of hydrogen-bond donors (Lipinski definition) is 1. The molecule has 1 aliphatic rings. The fourth-order valence-corrected chi connectivity index (χ4v) is 3.19. The van der Waals surface area contributed by atoms with Crippen LogP contribution in [-0.2, 0) is 0 Å². The van der Waals surface area contributed by atoms with Gasteiger partial charge in [-0.2, -0.15) is 0 Å². The number of hydrogen-bond acceptors (Lipinski definition) is 2. The Balaban J connectivity index is 1.73. The van der Waals surface area contributed by atoms with E-state index in [2.05, 4.69) is 23.4 Å². The SMILES string of the molecule is C=C(C)CCN1CCC(n2c(=O)[nH]c3ccccc32)CC1. The molecule has 0 atom stereocenters. The molecule has 1 N–H and O–H groups in total. The number of imidazole rings is 1. The molecule has 0 saturated carbocycles. The third-order valence-corrected chi connectivity index (χ3v) is 4.40. The van der Waals surface area contributed by atoms with Gasteiger partial charge in [0.2, 0.25) is 0 Å². The van der Waals surface area contributed by atoms with Crippen LogP contribution in [0.25, 0.3) is 11.0 Å². The number of nitrogens with one attached hydrogen (secondary N) is 1. The van der Waals surface area contributed by atoms with Gasteiger partial charge in [-0.05, 0) is 38.3 Å². The van der Waals surface area contributed by atoms with Crippen LogP contribution in [0.4, 0.5) is 0 Å². The minimum absolute atomic E-state index is 0.0246. The van der Waals surface area contributed by atoms with E-state index < -0.39 is 0 Å². The molecular weight excluding hydrogens is 262 g/mol. The quantitative estimate of drug-likeness (QED) is 0.878. The summed E-state index contributed by atoms with van der Waals surface area (Å²) in [5, 5.41) is 0. The molecule has 21 heavy (non-hydrogen) atoms. The second-order valence-electron chi connectivity index (χ2n) is 6.10. The van der Waals surface area contributed by atoms with E-state index in [1.165, 1.54) is 5.57 Å². The lowest BCUT2D eigenvalue weighted by molar-refractivity contribution is 0.188. The number of fused-ring (bicyclic) bond motifs is 1. The van der Waals surface area contributed by atoms with Crippen molar-refractivity contribution in [2.45, 2.75) is 32.2 Å². The summed E-state index contributed by atoms with van der Waals surface area (Å²) < 4.78 is 1.95. The Hall–Kier alpha value is -1.81. The highest BCUT2D eigenvalue weighted by atomic mass is 16.1. The zero-order valence-electron chi connectivity index (χ0n) is 12.6. The van der Waals surface area contributed by atoms with Crippen molar-refractivity contribution in [3.63, 3.8) is 0 Å². The first-order chi connectivity index (χ1) is 10.1. The number of likely N-dealkylation sites (tertiary alicyclic amines) is 1. The molecule has 0 spiro atoms. The van der Waals surface area contributed by atoms with Gasteiger partial charge < -0.3 is 9.88 Å². The van der Waals surface area contributed by atoms with Crippen LogP contribution < -0.4 is 5.69 Å². The predicted octanol–water partition coefficient (Wildman–Crippen LogP) is 2.93. The number of aromatic nitrogens is 2.